The maximum Gasteiger partial charge on any atom is 0.133 e. The molecular formula is C16H26BrNO2. The van der Waals surface area contributed by atoms with Crippen molar-refractivity contribution in [2.45, 2.75) is 33.2 Å². The van der Waals surface area contributed by atoms with E-state index in [-0.39, 0.29) is 0 Å². The molecule has 0 amide bonds. The smallest absolute Gasteiger partial charge is 0.133 e. The van der Waals surface area contributed by atoms with Gasteiger partial charge < -0.3 is 14.8 Å². The first-order chi connectivity index (χ1) is 9.63. The molecule has 0 saturated heterocycles. The second-order valence-electron chi connectivity index (χ2n) is 5.34. The maximum absolute atomic E-state index is 5.76. The Hall–Kier alpha value is -0.580. The number of halogens is 1. The zero-order valence-electron chi connectivity index (χ0n) is 12.7. The van der Waals surface area contributed by atoms with Crippen LogP contribution in [0, 0.1) is 5.92 Å². The Balaban J connectivity index is 2.35. The van der Waals surface area contributed by atoms with E-state index in [9.17, 15) is 0 Å². The van der Waals surface area contributed by atoms with Crippen LogP contribution in [0.4, 0.5) is 0 Å². The van der Waals surface area contributed by atoms with Gasteiger partial charge in [0.2, 0.25) is 0 Å². The SMILES string of the molecule is COCCCCOc1ccc(CNCC(C)C)cc1Br. The Bertz CT molecular complexity index is 383. The number of nitrogens with one attached hydrogen (secondary N) is 1. The summed E-state index contributed by atoms with van der Waals surface area (Å²) < 4.78 is 11.8. The number of ether oxygens (including phenoxy) is 2. The molecule has 3 nitrogen and oxygen atoms in total. The van der Waals surface area contributed by atoms with Crippen molar-refractivity contribution in [3.05, 3.63) is 28.2 Å². The Labute approximate surface area is 131 Å². The van der Waals surface area contributed by atoms with Gasteiger partial charge in [-0.3, -0.25) is 0 Å². The molecular weight excluding hydrogens is 318 g/mol. The molecule has 0 atom stereocenters. The molecule has 0 radical (unpaired) electrons. The van der Waals surface area contributed by atoms with E-state index in [4.69, 9.17) is 9.47 Å². The van der Waals surface area contributed by atoms with Gasteiger partial charge in [-0.2, -0.15) is 0 Å². The summed E-state index contributed by atoms with van der Waals surface area (Å²) >= 11 is 3.57. The van der Waals surface area contributed by atoms with Crippen molar-refractivity contribution in [3.8, 4) is 5.75 Å². The minimum absolute atomic E-state index is 0.674. The maximum atomic E-state index is 5.76. The highest BCUT2D eigenvalue weighted by Crippen LogP contribution is 2.26. The van der Waals surface area contributed by atoms with E-state index in [0.29, 0.717) is 5.92 Å². The molecule has 0 saturated carbocycles. The van der Waals surface area contributed by atoms with Crippen LogP contribution in [0.3, 0.4) is 0 Å². The Morgan fingerprint density at radius 3 is 2.60 bits per heavy atom. The standard InChI is InChI=1S/C16H26BrNO2/c1-13(2)11-18-12-14-6-7-16(15(17)10-14)20-9-5-4-8-19-3/h6-7,10,13,18H,4-5,8-9,11-12H2,1-3H3. The highest BCUT2D eigenvalue weighted by Gasteiger charge is 2.03. The summed E-state index contributed by atoms with van der Waals surface area (Å²) in [7, 11) is 1.73. The first-order valence-corrected chi connectivity index (χ1v) is 8.03. The first kappa shape index (κ1) is 17.5. The molecule has 0 heterocycles. The van der Waals surface area contributed by atoms with Crippen molar-refractivity contribution in [2.24, 2.45) is 5.92 Å². The monoisotopic (exact) mass is 343 g/mol. The Kier molecular flexibility index (Phi) is 8.90. The van der Waals surface area contributed by atoms with Crippen molar-refractivity contribution in [1.82, 2.24) is 5.32 Å². The van der Waals surface area contributed by atoms with Crippen LogP contribution in [0.2, 0.25) is 0 Å². The highest BCUT2D eigenvalue weighted by molar-refractivity contribution is 9.10. The second kappa shape index (κ2) is 10.2. The second-order valence-corrected chi connectivity index (χ2v) is 6.19. The fraction of sp³-hybridized carbons (Fsp3) is 0.625. The lowest BCUT2D eigenvalue weighted by atomic mass is 10.2. The van der Waals surface area contributed by atoms with Crippen LogP contribution in [0.25, 0.3) is 0 Å². The summed E-state index contributed by atoms with van der Waals surface area (Å²) in [5.74, 6) is 1.59. The van der Waals surface area contributed by atoms with Gasteiger partial charge in [0.25, 0.3) is 0 Å². The van der Waals surface area contributed by atoms with Gasteiger partial charge in [-0.25, -0.2) is 0 Å². The van der Waals surface area contributed by atoms with E-state index in [1.54, 1.807) is 7.11 Å². The van der Waals surface area contributed by atoms with E-state index in [2.05, 4.69) is 47.2 Å². The predicted octanol–water partition coefficient (Wildman–Crippen LogP) is 4.00. The van der Waals surface area contributed by atoms with Crippen LogP contribution in [-0.4, -0.2) is 26.9 Å². The van der Waals surface area contributed by atoms with E-state index in [1.165, 1.54) is 5.56 Å². The molecule has 0 fully saturated rings. The van der Waals surface area contributed by atoms with Crippen LogP contribution >= 0.6 is 15.9 Å². The lowest BCUT2D eigenvalue weighted by Gasteiger charge is -2.11. The van der Waals surface area contributed by atoms with Crippen LogP contribution in [-0.2, 0) is 11.3 Å². The predicted molar refractivity (Wildman–Crippen MR) is 87.3 cm³/mol. The summed E-state index contributed by atoms with van der Waals surface area (Å²) in [6.07, 6.45) is 2.04. The molecule has 0 aliphatic carbocycles. The molecule has 1 aromatic rings. The summed E-state index contributed by atoms with van der Waals surface area (Å²) in [4.78, 5) is 0. The zero-order chi connectivity index (χ0) is 14.8. The van der Waals surface area contributed by atoms with Crippen molar-refractivity contribution < 1.29 is 9.47 Å². The third-order valence-corrected chi connectivity index (χ3v) is 3.50. The first-order valence-electron chi connectivity index (χ1n) is 7.24. The zero-order valence-corrected chi connectivity index (χ0v) is 14.3. The van der Waals surface area contributed by atoms with E-state index in [0.717, 1.165) is 49.4 Å². The van der Waals surface area contributed by atoms with Gasteiger partial charge in [0.15, 0.2) is 0 Å². The molecule has 0 aromatic heterocycles. The van der Waals surface area contributed by atoms with Crippen molar-refractivity contribution in [3.63, 3.8) is 0 Å². The Morgan fingerprint density at radius 1 is 1.20 bits per heavy atom. The van der Waals surface area contributed by atoms with Gasteiger partial charge >= 0.3 is 0 Å². The molecule has 0 bridgehead atoms. The Morgan fingerprint density at radius 2 is 1.95 bits per heavy atom. The molecule has 20 heavy (non-hydrogen) atoms. The summed E-state index contributed by atoms with van der Waals surface area (Å²) in [6, 6.07) is 6.27. The van der Waals surface area contributed by atoms with Gasteiger partial charge in [-0.1, -0.05) is 19.9 Å². The van der Waals surface area contributed by atoms with Crippen LogP contribution in [0.15, 0.2) is 22.7 Å². The van der Waals surface area contributed by atoms with Gasteiger partial charge in [0.05, 0.1) is 11.1 Å². The average molecular weight is 344 g/mol. The normalized spacial score (nSPS) is 11.1. The van der Waals surface area contributed by atoms with Gasteiger partial charge in [-0.15, -0.1) is 0 Å². The molecule has 1 N–H and O–H groups in total. The third-order valence-electron chi connectivity index (χ3n) is 2.88. The highest BCUT2D eigenvalue weighted by atomic mass is 79.9. The molecule has 0 aliphatic heterocycles. The lowest BCUT2D eigenvalue weighted by Crippen LogP contribution is -2.18. The molecule has 114 valence electrons. The quantitative estimate of drug-likeness (QED) is 0.651. The number of hydrogen-bond acceptors (Lipinski definition) is 3. The van der Waals surface area contributed by atoms with Crippen LogP contribution in [0.5, 0.6) is 5.75 Å². The lowest BCUT2D eigenvalue weighted by molar-refractivity contribution is 0.184. The fourth-order valence-corrected chi connectivity index (χ4v) is 2.35. The molecule has 0 unspecified atom stereocenters. The summed E-state index contributed by atoms with van der Waals surface area (Å²) in [5, 5.41) is 3.44. The number of rotatable bonds is 10. The van der Waals surface area contributed by atoms with E-state index < -0.39 is 0 Å². The minimum atomic E-state index is 0.674. The van der Waals surface area contributed by atoms with Gasteiger partial charge in [0, 0.05) is 20.3 Å². The summed E-state index contributed by atoms with van der Waals surface area (Å²) in [6.45, 7) is 7.88. The van der Waals surface area contributed by atoms with Crippen molar-refractivity contribution in [2.75, 3.05) is 26.9 Å². The molecule has 1 aromatic carbocycles. The third kappa shape index (κ3) is 7.27. The van der Waals surface area contributed by atoms with E-state index >= 15 is 0 Å². The molecule has 1 rings (SSSR count). The van der Waals surface area contributed by atoms with Gasteiger partial charge in [-0.05, 0) is 58.9 Å². The van der Waals surface area contributed by atoms with Gasteiger partial charge in [0.1, 0.15) is 5.75 Å². The average Bonchev–Trinajstić information content (AvgIpc) is 2.40. The number of methoxy groups -OCH3 is 1. The summed E-state index contributed by atoms with van der Waals surface area (Å²) in [5.41, 5.74) is 1.27. The topological polar surface area (TPSA) is 30.5 Å². The number of benzene rings is 1. The largest absolute Gasteiger partial charge is 0.492 e. The molecule has 0 aliphatic rings. The number of hydrogen-bond donors (Lipinski definition) is 1. The molecule has 4 heteroatoms. The van der Waals surface area contributed by atoms with Crippen molar-refractivity contribution >= 4 is 15.9 Å². The van der Waals surface area contributed by atoms with Crippen LogP contribution in [0.1, 0.15) is 32.3 Å². The fourth-order valence-electron chi connectivity index (χ4n) is 1.81. The van der Waals surface area contributed by atoms with E-state index in [1.807, 2.05) is 6.07 Å². The van der Waals surface area contributed by atoms with Crippen molar-refractivity contribution in [1.29, 1.82) is 0 Å². The molecule has 0 spiro atoms. The number of unbranched alkanes of at least 4 members (excludes halogenated alkanes) is 1. The van der Waals surface area contributed by atoms with Crippen LogP contribution < -0.4 is 10.1 Å². The minimum Gasteiger partial charge on any atom is -0.492 e.